The number of nitrogens with one attached hydrogen (secondary N) is 2. The van der Waals surface area contributed by atoms with Crippen molar-refractivity contribution < 1.29 is 14.6 Å². The van der Waals surface area contributed by atoms with Crippen LogP contribution in [0.4, 0.5) is 0 Å². The Balaban J connectivity index is 1.39. The number of benzene rings is 1. The van der Waals surface area contributed by atoms with E-state index in [1.54, 1.807) is 12.4 Å². The van der Waals surface area contributed by atoms with E-state index in [4.69, 9.17) is 9.47 Å². The summed E-state index contributed by atoms with van der Waals surface area (Å²) in [7, 11) is 0. The maximum absolute atomic E-state index is 10.3. The van der Waals surface area contributed by atoms with E-state index >= 15 is 0 Å². The van der Waals surface area contributed by atoms with Crippen molar-refractivity contribution in [3.05, 3.63) is 59.7 Å². The molecule has 2 aromatic rings. The molecule has 1 fully saturated rings. The van der Waals surface area contributed by atoms with Gasteiger partial charge in [-0.1, -0.05) is 30.3 Å². The Morgan fingerprint density at radius 2 is 2.10 bits per heavy atom. The van der Waals surface area contributed by atoms with Crippen LogP contribution < -0.4 is 10.6 Å². The number of nitrogens with zero attached hydrogens (tertiary/aromatic N) is 2. The van der Waals surface area contributed by atoms with Crippen LogP contribution in [0.3, 0.4) is 0 Å². The molecule has 1 aliphatic heterocycles. The summed E-state index contributed by atoms with van der Waals surface area (Å²) in [6.45, 7) is 6.00. The van der Waals surface area contributed by atoms with E-state index in [1.165, 1.54) is 5.56 Å². The number of aromatic nitrogens is 2. The van der Waals surface area contributed by atoms with Gasteiger partial charge in [0.25, 0.3) is 0 Å². The molecule has 1 aromatic heterocycles. The van der Waals surface area contributed by atoms with Crippen molar-refractivity contribution in [3.63, 3.8) is 0 Å². The smallest absolute Gasteiger partial charge is 0.178 e. The first-order valence-electron chi connectivity index (χ1n) is 10.3. The molecule has 4 unspecified atom stereocenters. The lowest BCUT2D eigenvalue weighted by molar-refractivity contribution is -0.189. The zero-order valence-electron chi connectivity index (χ0n) is 17.3. The van der Waals surface area contributed by atoms with E-state index in [0.717, 1.165) is 30.8 Å². The predicted octanol–water partition coefficient (Wildman–Crippen LogP) is 1.76. The van der Waals surface area contributed by atoms with Crippen molar-refractivity contribution >= 4 is 0 Å². The van der Waals surface area contributed by atoms with E-state index in [0.29, 0.717) is 19.2 Å². The van der Waals surface area contributed by atoms with E-state index in [-0.39, 0.29) is 12.6 Å². The summed E-state index contributed by atoms with van der Waals surface area (Å²) in [6.07, 6.45) is 4.41. The average Bonchev–Trinajstić information content (AvgIpc) is 2.76. The summed E-state index contributed by atoms with van der Waals surface area (Å²) in [5, 5.41) is 17.1. The highest BCUT2D eigenvalue weighted by Gasteiger charge is 2.29. The normalized spacial score (nSPS) is 21.6. The van der Waals surface area contributed by atoms with Crippen molar-refractivity contribution in [1.29, 1.82) is 0 Å². The number of aliphatic hydroxyl groups is 1. The molecule has 158 valence electrons. The summed E-state index contributed by atoms with van der Waals surface area (Å²) in [5.74, 6) is 0. The first kappa shape index (κ1) is 21.8. The van der Waals surface area contributed by atoms with Gasteiger partial charge in [-0.3, -0.25) is 9.97 Å². The molecule has 0 amide bonds. The van der Waals surface area contributed by atoms with Gasteiger partial charge in [-0.2, -0.15) is 0 Å². The van der Waals surface area contributed by atoms with Crippen LogP contribution in [0.2, 0.25) is 0 Å². The number of hydrogen-bond donors (Lipinski definition) is 3. The minimum Gasteiger partial charge on any atom is -0.389 e. The quantitative estimate of drug-likeness (QED) is 0.560. The molecular formula is C22H32N4O3. The fourth-order valence-electron chi connectivity index (χ4n) is 3.27. The van der Waals surface area contributed by atoms with Crippen molar-refractivity contribution in [2.45, 2.75) is 51.2 Å². The van der Waals surface area contributed by atoms with Crippen LogP contribution in [0.25, 0.3) is 0 Å². The second kappa shape index (κ2) is 11.3. The Bertz CT molecular complexity index is 714. The van der Waals surface area contributed by atoms with Gasteiger partial charge in [0.05, 0.1) is 36.9 Å². The molecule has 0 spiro atoms. The molecule has 0 saturated carbocycles. The summed E-state index contributed by atoms with van der Waals surface area (Å²) in [4.78, 5) is 8.72. The third-order valence-corrected chi connectivity index (χ3v) is 5.00. The molecule has 7 heteroatoms. The molecule has 1 aliphatic rings. The van der Waals surface area contributed by atoms with Crippen molar-refractivity contribution in [1.82, 2.24) is 20.6 Å². The predicted molar refractivity (Wildman–Crippen MR) is 111 cm³/mol. The minimum atomic E-state index is -0.607. The Morgan fingerprint density at radius 3 is 2.86 bits per heavy atom. The fraction of sp³-hybridized carbons (Fsp3) is 0.545. The second-order valence-electron chi connectivity index (χ2n) is 7.57. The lowest BCUT2D eigenvalue weighted by Gasteiger charge is -2.32. The molecule has 1 aromatic carbocycles. The van der Waals surface area contributed by atoms with Crippen LogP contribution in [0, 0.1) is 6.92 Å². The van der Waals surface area contributed by atoms with E-state index in [9.17, 15) is 5.11 Å². The van der Waals surface area contributed by atoms with Gasteiger partial charge in [-0.25, -0.2) is 0 Å². The highest BCUT2D eigenvalue weighted by atomic mass is 16.7. The molecule has 4 atom stereocenters. The molecule has 1 saturated heterocycles. The topological polar surface area (TPSA) is 88.5 Å². The Morgan fingerprint density at radius 1 is 1.28 bits per heavy atom. The fourth-order valence-corrected chi connectivity index (χ4v) is 3.27. The highest BCUT2D eigenvalue weighted by Crippen LogP contribution is 2.21. The number of morpholine rings is 1. The molecule has 0 aliphatic carbocycles. The van der Waals surface area contributed by atoms with Crippen LogP contribution in [0.15, 0.2) is 42.7 Å². The summed E-state index contributed by atoms with van der Waals surface area (Å²) >= 11 is 0. The van der Waals surface area contributed by atoms with Gasteiger partial charge in [-0.05, 0) is 32.3 Å². The monoisotopic (exact) mass is 400 g/mol. The van der Waals surface area contributed by atoms with Gasteiger partial charge < -0.3 is 25.2 Å². The maximum Gasteiger partial charge on any atom is 0.178 e. The van der Waals surface area contributed by atoms with E-state index in [1.807, 2.05) is 13.0 Å². The molecule has 3 rings (SSSR count). The Labute approximate surface area is 172 Å². The van der Waals surface area contributed by atoms with Gasteiger partial charge in [0.2, 0.25) is 0 Å². The molecular weight excluding hydrogens is 368 g/mol. The van der Waals surface area contributed by atoms with E-state index < -0.39 is 12.4 Å². The van der Waals surface area contributed by atoms with Crippen molar-refractivity contribution in [3.8, 4) is 0 Å². The summed E-state index contributed by atoms with van der Waals surface area (Å²) in [5.41, 5.74) is 2.98. The Hall–Kier alpha value is -1.90. The van der Waals surface area contributed by atoms with Gasteiger partial charge in [0.1, 0.15) is 6.04 Å². The summed E-state index contributed by atoms with van der Waals surface area (Å²) in [6, 6.07) is 10.6. The highest BCUT2D eigenvalue weighted by molar-refractivity contribution is 5.14. The third-order valence-electron chi connectivity index (χ3n) is 5.00. The first-order valence-corrected chi connectivity index (χ1v) is 10.3. The maximum atomic E-state index is 10.3. The second-order valence-corrected chi connectivity index (χ2v) is 7.57. The lowest BCUT2D eigenvalue weighted by atomic mass is 10.1. The van der Waals surface area contributed by atoms with Crippen LogP contribution >= 0.6 is 0 Å². The molecule has 7 nitrogen and oxygen atoms in total. The number of aryl methyl sites for hydroxylation is 2. The lowest BCUT2D eigenvalue weighted by Crippen LogP contribution is -2.45. The molecule has 0 bridgehead atoms. The van der Waals surface area contributed by atoms with Crippen molar-refractivity contribution in [2.75, 3.05) is 26.3 Å². The van der Waals surface area contributed by atoms with Crippen LogP contribution in [-0.4, -0.2) is 59.8 Å². The number of rotatable bonds is 10. The molecule has 0 radical (unpaired) electrons. The largest absolute Gasteiger partial charge is 0.389 e. The number of hydrogen-bond acceptors (Lipinski definition) is 7. The van der Waals surface area contributed by atoms with Gasteiger partial charge in [0, 0.05) is 25.3 Å². The van der Waals surface area contributed by atoms with Gasteiger partial charge in [-0.15, -0.1) is 0 Å². The standard InChI is InChI=1S/C22H32N4O3/c1-16(8-9-18-6-4-3-5-7-18)24-13-19(27)15-29-22-21(23-10-11-28-22)20-14-25-17(2)12-26-20/h3-7,12,14,16,19,21-24,27H,8-11,13,15H2,1-2H3. The summed E-state index contributed by atoms with van der Waals surface area (Å²) < 4.78 is 11.6. The number of aliphatic hydroxyl groups excluding tert-OH is 1. The SMILES string of the molecule is Cc1cnc(C2NCCOC2OCC(O)CNC(C)CCc2ccccc2)cn1. The van der Waals surface area contributed by atoms with Gasteiger partial charge >= 0.3 is 0 Å². The minimum absolute atomic E-state index is 0.193. The average molecular weight is 401 g/mol. The zero-order valence-corrected chi connectivity index (χ0v) is 17.3. The van der Waals surface area contributed by atoms with Gasteiger partial charge in [0.15, 0.2) is 6.29 Å². The Kier molecular flexibility index (Phi) is 8.52. The van der Waals surface area contributed by atoms with Crippen LogP contribution in [0.1, 0.15) is 36.3 Å². The van der Waals surface area contributed by atoms with Crippen molar-refractivity contribution in [2.24, 2.45) is 0 Å². The van der Waals surface area contributed by atoms with E-state index in [2.05, 4.69) is 51.8 Å². The van der Waals surface area contributed by atoms with Crippen LogP contribution in [0.5, 0.6) is 0 Å². The molecule has 2 heterocycles. The third kappa shape index (κ3) is 7.13. The molecule has 3 N–H and O–H groups in total. The van der Waals surface area contributed by atoms with Crippen LogP contribution in [-0.2, 0) is 15.9 Å². The molecule has 29 heavy (non-hydrogen) atoms. The number of ether oxygens (including phenoxy) is 2. The first-order chi connectivity index (χ1) is 14.1. The zero-order chi connectivity index (χ0) is 20.5.